The Morgan fingerprint density at radius 2 is 1.38 bits per heavy atom. The van der Waals surface area contributed by atoms with Gasteiger partial charge in [0.2, 0.25) is 0 Å². The van der Waals surface area contributed by atoms with Gasteiger partial charge in [-0.15, -0.1) is 0 Å². The van der Waals surface area contributed by atoms with E-state index in [9.17, 15) is 5.26 Å². The first kappa shape index (κ1) is 35.2. The van der Waals surface area contributed by atoms with Gasteiger partial charge in [-0.1, -0.05) is 82.3 Å². The second kappa shape index (κ2) is 14.4. The van der Waals surface area contributed by atoms with Crippen LogP contribution in [0.15, 0.2) is 138 Å². The topological polar surface area (TPSA) is 53.1 Å². The Morgan fingerprint density at radius 1 is 0.811 bits per heavy atom. The molecule has 6 nitrogen and oxygen atoms in total. The summed E-state index contributed by atoms with van der Waals surface area (Å²) in [7, 11) is 1.75. The zero-order valence-electron chi connectivity index (χ0n) is 31.1. The summed E-state index contributed by atoms with van der Waals surface area (Å²) in [4.78, 5) is 8.26. The third kappa shape index (κ3) is 7.02. The quantitative estimate of drug-likeness (QED) is 0.136. The van der Waals surface area contributed by atoms with E-state index in [1.807, 2.05) is 60.7 Å². The van der Waals surface area contributed by atoms with E-state index >= 15 is 0 Å². The molecule has 0 amide bonds. The summed E-state index contributed by atoms with van der Waals surface area (Å²) in [5.74, 6) is 1.95. The molecule has 0 atom stereocenters. The van der Waals surface area contributed by atoms with E-state index in [4.69, 9.17) is 16.0 Å². The number of hydrogen-bond acceptors (Lipinski definition) is 5. The van der Waals surface area contributed by atoms with Crippen LogP contribution >= 0.6 is 0 Å². The number of para-hydroxylation sites is 2. The maximum absolute atomic E-state index is 9.78. The van der Waals surface area contributed by atoms with E-state index in [1.54, 1.807) is 19.3 Å². The van der Waals surface area contributed by atoms with Gasteiger partial charge in [0.15, 0.2) is 0 Å². The van der Waals surface area contributed by atoms with Crippen molar-refractivity contribution in [3.63, 3.8) is 0 Å². The van der Waals surface area contributed by atoms with E-state index in [0.717, 1.165) is 59.9 Å². The van der Waals surface area contributed by atoms with Crippen LogP contribution in [0.1, 0.15) is 62.8 Å². The van der Waals surface area contributed by atoms with Gasteiger partial charge in [0.25, 0.3) is 5.70 Å². The number of nitrogens with zero attached hydrogens (tertiary/aromatic N) is 4. The number of nitriles is 1. The SMILES string of the molecule is [C-]#[N+]/C(C#N)=C1C=C(/C=C/c2ccc(N(c3ccccc3)c3ccccc3)cc2)OC(/C=C/c2cc3c4c(c2OC)C(C)(C)CCN4CCC3(C)C)=C/1. The molecule has 0 aliphatic carbocycles. The molecular formula is C47H44N4O2. The van der Waals surface area contributed by atoms with Crippen molar-refractivity contribution < 1.29 is 9.47 Å². The minimum atomic E-state index is -0.0443. The van der Waals surface area contributed by atoms with Gasteiger partial charge in [0, 0.05) is 47.0 Å². The van der Waals surface area contributed by atoms with Crippen molar-refractivity contribution in [2.45, 2.75) is 51.4 Å². The van der Waals surface area contributed by atoms with Crippen LogP contribution in [0, 0.1) is 17.9 Å². The Hall–Kier alpha value is -6.24. The van der Waals surface area contributed by atoms with Crippen molar-refractivity contribution >= 4 is 34.9 Å². The van der Waals surface area contributed by atoms with E-state index in [2.05, 4.69) is 103 Å². The molecule has 0 unspecified atom stereocenters. The smallest absolute Gasteiger partial charge is 0.269 e. The van der Waals surface area contributed by atoms with Crippen LogP contribution in [0.5, 0.6) is 5.75 Å². The third-order valence-electron chi connectivity index (χ3n) is 10.6. The highest BCUT2D eigenvalue weighted by Gasteiger charge is 2.42. The van der Waals surface area contributed by atoms with Crippen molar-refractivity contribution in [2.75, 3.05) is 30.0 Å². The maximum atomic E-state index is 9.78. The van der Waals surface area contributed by atoms with Crippen LogP contribution in [0.25, 0.3) is 17.0 Å². The number of allylic oxidation sites excluding steroid dienone is 6. The number of anilines is 4. The largest absolute Gasteiger partial charge is 0.496 e. The molecule has 7 rings (SSSR count). The molecular weight excluding hydrogens is 653 g/mol. The molecule has 0 radical (unpaired) electrons. The Labute approximate surface area is 313 Å². The van der Waals surface area contributed by atoms with Gasteiger partial charge in [0.05, 0.1) is 19.8 Å². The molecule has 0 saturated heterocycles. The molecule has 6 heteroatoms. The number of methoxy groups -OCH3 is 1. The molecule has 0 fully saturated rings. The monoisotopic (exact) mass is 696 g/mol. The Balaban J connectivity index is 1.19. The summed E-state index contributed by atoms with van der Waals surface area (Å²) in [5.41, 5.74) is 9.59. The lowest BCUT2D eigenvalue weighted by atomic mass is 9.68. The lowest BCUT2D eigenvalue weighted by molar-refractivity contribution is 0.332. The summed E-state index contributed by atoms with van der Waals surface area (Å²) in [5, 5.41) is 9.78. The average molecular weight is 697 g/mol. The number of ether oxygens (including phenoxy) is 2. The molecule has 0 bridgehead atoms. The van der Waals surface area contributed by atoms with E-state index < -0.39 is 0 Å². The van der Waals surface area contributed by atoms with Gasteiger partial charge < -0.3 is 19.3 Å². The summed E-state index contributed by atoms with van der Waals surface area (Å²) in [6.07, 6.45) is 13.5. The van der Waals surface area contributed by atoms with Crippen LogP contribution < -0.4 is 14.5 Å². The molecule has 0 spiro atoms. The maximum Gasteiger partial charge on any atom is 0.269 e. The first-order chi connectivity index (χ1) is 25.6. The van der Waals surface area contributed by atoms with Crippen LogP contribution in [0.3, 0.4) is 0 Å². The third-order valence-corrected chi connectivity index (χ3v) is 10.6. The lowest BCUT2D eigenvalue weighted by Crippen LogP contribution is -2.45. The highest BCUT2D eigenvalue weighted by atomic mass is 16.5. The normalized spacial score (nSPS) is 17.9. The Bertz CT molecular complexity index is 2200. The molecule has 3 heterocycles. The first-order valence-corrected chi connectivity index (χ1v) is 18.1. The van der Waals surface area contributed by atoms with Gasteiger partial charge in [-0.25, -0.2) is 10.1 Å². The molecule has 3 aliphatic rings. The van der Waals surface area contributed by atoms with Gasteiger partial charge in [-0.2, -0.15) is 0 Å². The van der Waals surface area contributed by atoms with Gasteiger partial charge in [-0.05, 0) is 113 Å². The first-order valence-electron chi connectivity index (χ1n) is 18.1. The molecule has 264 valence electrons. The highest BCUT2D eigenvalue weighted by molar-refractivity contribution is 5.79. The fraction of sp³-hybridized carbons (Fsp3) is 0.234. The molecule has 0 aromatic heterocycles. The van der Waals surface area contributed by atoms with Crippen LogP contribution in [0.4, 0.5) is 22.7 Å². The number of benzene rings is 4. The summed E-state index contributed by atoms with van der Waals surface area (Å²) < 4.78 is 12.6. The standard InChI is InChI=1S/C47H44N4O2/c1-46(2)25-27-50-28-26-47(3,4)43-44(50)41(46)31-34(45(43)52-6)20-24-40-30-35(42(32-48)49-5)29-39(53-40)23-19-33-17-21-38(22-18-33)51(36-13-9-7-10-14-36)37-15-11-8-12-16-37/h7-24,29-31H,25-28H2,1-4,6H3/b23-19+,24-20+,42-35-. The zero-order chi connectivity index (χ0) is 37.2. The Kier molecular flexibility index (Phi) is 9.56. The summed E-state index contributed by atoms with van der Waals surface area (Å²) in [6.45, 7) is 19.0. The summed E-state index contributed by atoms with van der Waals surface area (Å²) >= 11 is 0. The van der Waals surface area contributed by atoms with Crippen molar-refractivity contribution in [2.24, 2.45) is 0 Å². The van der Waals surface area contributed by atoms with Gasteiger partial charge in [-0.3, -0.25) is 0 Å². The molecule has 0 N–H and O–H groups in total. The number of rotatable bonds is 8. The second-order valence-electron chi connectivity index (χ2n) is 15.0. The predicted molar refractivity (Wildman–Crippen MR) is 216 cm³/mol. The highest BCUT2D eigenvalue weighted by Crippen LogP contribution is 2.53. The molecule has 53 heavy (non-hydrogen) atoms. The van der Waals surface area contributed by atoms with Crippen LogP contribution in [-0.4, -0.2) is 20.2 Å². The van der Waals surface area contributed by atoms with Crippen molar-refractivity contribution in [1.29, 1.82) is 5.26 Å². The summed E-state index contributed by atoms with van der Waals surface area (Å²) in [6, 6.07) is 33.3. The lowest BCUT2D eigenvalue weighted by Gasteiger charge is -2.48. The molecule has 0 saturated carbocycles. The van der Waals surface area contributed by atoms with Gasteiger partial charge >= 0.3 is 0 Å². The fourth-order valence-corrected chi connectivity index (χ4v) is 7.60. The van der Waals surface area contributed by atoms with E-state index in [0.29, 0.717) is 17.1 Å². The zero-order valence-corrected chi connectivity index (χ0v) is 31.1. The van der Waals surface area contributed by atoms with Crippen molar-refractivity contribution in [3.8, 4) is 11.8 Å². The van der Waals surface area contributed by atoms with Crippen molar-refractivity contribution in [3.05, 3.63) is 172 Å². The molecule has 3 aliphatic heterocycles. The molecule has 4 aromatic rings. The molecule has 4 aromatic carbocycles. The fourth-order valence-electron chi connectivity index (χ4n) is 7.60. The number of hydrogen-bond donors (Lipinski definition) is 0. The van der Waals surface area contributed by atoms with E-state index in [-0.39, 0.29) is 16.5 Å². The van der Waals surface area contributed by atoms with Crippen LogP contribution in [0.2, 0.25) is 0 Å². The van der Waals surface area contributed by atoms with Crippen molar-refractivity contribution in [1.82, 2.24) is 0 Å². The van der Waals surface area contributed by atoms with Crippen LogP contribution in [-0.2, 0) is 15.6 Å². The van der Waals surface area contributed by atoms with Gasteiger partial charge in [0.1, 0.15) is 17.3 Å². The Morgan fingerprint density at radius 3 is 1.94 bits per heavy atom. The predicted octanol–water partition coefficient (Wildman–Crippen LogP) is 11.6. The van der Waals surface area contributed by atoms with E-state index in [1.165, 1.54) is 16.8 Å². The second-order valence-corrected chi connectivity index (χ2v) is 15.0. The average Bonchev–Trinajstić information content (AvgIpc) is 3.17. The minimum Gasteiger partial charge on any atom is -0.496 e. The minimum absolute atomic E-state index is 0.00995.